The van der Waals surface area contributed by atoms with Crippen molar-refractivity contribution in [1.29, 1.82) is 0 Å². The first-order chi connectivity index (χ1) is 6.79. The zero-order valence-electron chi connectivity index (χ0n) is 8.07. The number of carbonyl (C=O) groups is 1. The largest absolute Gasteiger partial charge is 0.351 e. The summed E-state index contributed by atoms with van der Waals surface area (Å²) in [5.41, 5.74) is 7.55. The average molecular weight is 190 g/mol. The molecule has 1 aliphatic rings. The lowest BCUT2D eigenvalue weighted by Crippen LogP contribution is -2.36. The number of rotatable bonds is 0. The van der Waals surface area contributed by atoms with Crippen LogP contribution in [0.25, 0.3) is 0 Å². The first kappa shape index (κ1) is 9.06. The number of urea groups is 1. The van der Waals surface area contributed by atoms with Gasteiger partial charge in [0.2, 0.25) is 0 Å². The van der Waals surface area contributed by atoms with Crippen LogP contribution in [0.4, 0.5) is 10.5 Å². The van der Waals surface area contributed by atoms with Crippen LogP contribution >= 0.6 is 0 Å². The minimum absolute atomic E-state index is 0.348. The fourth-order valence-corrected chi connectivity index (χ4v) is 1.92. The minimum atomic E-state index is -0.348. The summed E-state index contributed by atoms with van der Waals surface area (Å²) in [7, 11) is 0. The van der Waals surface area contributed by atoms with Gasteiger partial charge >= 0.3 is 6.03 Å². The number of primary amides is 1. The Morgan fingerprint density at radius 2 is 2.07 bits per heavy atom. The molecule has 2 N–H and O–H groups in total. The van der Waals surface area contributed by atoms with Gasteiger partial charge in [0, 0.05) is 12.2 Å². The Morgan fingerprint density at radius 1 is 1.29 bits per heavy atom. The maximum absolute atomic E-state index is 11.2. The quantitative estimate of drug-likeness (QED) is 0.667. The molecule has 14 heavy (non-hydrogen) atoms. The van der Waals surface area contributed by atoms with Gasteiger partial charge in [0.15, 0.2) is 0 Å². The summed E-state index contributed by atoms with van der Waals surface area (Å²) in [5.74, 6) is 0. The predicted octanol–water partition coefficient (Wildman–Crippen LogP) is 1.91. The molecule has 0 fully saturated rings. The normalized spacial score (nSPS) is 15.9. The van der Waals surface area contributed by atoms with Crippen molar-refractivity contribution in [2.24, 2.45) is 5.73 Å². The molecule has 0 radical (unpaired) electrons. The van der Waals surface area contributed by atoms with Crippen LogP contribution in [0.15, 0.2) is 24.3 Å². The lowest BCUT2D eigenvalue weighted by atomic mass is 10.1. The molecule has 0 atom stereocenters. The van der Waals surface area contributed by atoms with E-state index in [2.05, 4.69) is 6.07 Å². The van der Waals surface area contributed by atoms with Crippen LogP contribution in [-0.2, 0) is 6.42 Å². The number of benzene rings is 1. The molecule has 0 aromatic heterocycles. The van der Waals surface area contributed by atoms with Gasteiger partial charge in [-0.05, 0) is 30.9 Å². The average Bonchev–Trinajstić information content (AvgIpc) is 2.39. The van der Waals surface area contributed by atoms with E-state index in [1.165, 1.54) is 5.56 Å². The van der Waals surface area contributed by atoms with Gasteiger partial charge in [-0.25, -0.2) is 4.79 Å². The number of amides is 2. The second-order valence-corrected chi connectivity index (χ2v) is 3.58. The fourth-order valence-electron chi connectivity index (χ4n) is 1.92. The molecule has 1 heterocycles. The van der Waals surface area contributed by atoms with E-state index in [4.69, 9.17) is 5.73 Å². The van der Waals surface area contributed by atoms with Gasteiger partial charge in [-0.15, -0.1) is 0 Å². The summed E-state index contributed by atoms with van der Waals surface area (Å²) in [6, 6.07) is 7.63. The van der Waals surface area contributed by atoms with Crippen LogP contribution in [0.5, 0.6) is 0 Å². The molecule has 2 rings (SSSR count). The molecule has 3 heteroatoms. The van der Waals surface area contributed by atoms with Crippen LogP contribution < -0.4 is 10.6 Å². The summed E-state index contributed by atoms with van der Waals surface area (Å²) >= 11 is 0. The molecule has 3 nitrogen and oxygen atoms in total. The maximum atomic E-state index is 11.2. The van der Waals surface area contributed by atoms with E-state index >= 15 is 0 Å². The van der Waals surface area contributed by atoms with Crippen molar-refractivity contribution in [2.45, 2.75) is 19.3 Å². The van der Waals surface area contributed by atoms with Crippen LogP contribution in [0.2, 0.25) is 0 Å². The number of hydrogen-bond acceptors (Lipinski definition) is 1. The lowest BCUT2D eigenvalue weighted by molar-refractivity contribution is 0.254. The molecule has 0 bridgehead atoms. The van der Waals surface area contributed by atoms with Crippen molar-refractivity contribution in [3.8, 4) is 0 Å². The van der Waals surface area contributed by atoms with Gasteiger partial charge < -0.3 is 5.73 Å². The third-order valence-electron chi connectivity index (χ3n) is 2.63. The Balaban J connectivity index is 2.42. The topological polar surface area (TPSA) is 46.3 Å². The first-order valence-corrected chi connectivity index (χ1v) is 4.94. The van der Waals surface area contributed by atoms with Gasteiger partial charge in [0.25, 0.3) is 0 Å². The van der Waals surface area contributed by atoms with E-state index in [-0.39, 0.29) is 6.03 Å². The SMILES string of the molecule is NC(=O)N1CCCCc2ccccc21. The number of aryl methyl sites for hydroxylation is 1. The molecular weight excluding hydrogens is 176 g/mol. The Morgan fingerprint density at radius 3 is 2.86 bits per heavy atom. The summed E-state index contributed by atoms with van der Waals surface area (Å²) in [5, 5.41) is 0. The zero-order chi connectivity index (χ0) is 9.97. The molecule has 0 spiro atoms. The predicted molar refractivity (Wildman–Crippen MR) is 56.3 cm³/mol. The van der Waals surface area contributed by atoms with Crippen LogP contribution in [0.3, 0.4) is 0 Å². The van der Waals surface area contributed by atoms with E-state index in [0.29, 0.717) is 0 Å². The van der Waals surface area contributed by atoms with Crippen molar-refractivity contribution in [3.05, 3.63) is 29.8 Å². The second kappa shape index (κ2) is 3.70. The molecule has 0 saturated heterocycles. The minimum Gasteiger partial charge on any atom is -0.351 e. The van der Waals surface area contributed by atoms with Crippen molar-refractivity contribution < 1.29 is 4.79 Å². The second-order valence-electron chi connectivity index (χ2n) is 3.58. The Bertz CT molecular complexity index is 349. The summed E-state index contributed by atoms with van der Waals surface area (Å²) in [6.07, 6.45) is 3.19. The fraction of sp³-hybridized carbons (Fsp3) is 0.364. The van der Waals surface area contributed by atoms with Crippen LogP contribution in [0.1, 0.15) is 18.4 Å². The van der Waals surface area contributed by atoms with Gasteiger partial charge in [-0.3, -0.25) is 4.90 Å². The molecule has 0 saturated carbocycles. The van der Waals surface area contributed by atoms with Gasteiger partial charge in [-0.2, -0.15) is 0 Å². The number of fused-ring (bicyclic) bond motifs is 1. The summed E-state index contributed by atoms with van der Waals surface area (Å²) in [4.78, 5) is 12.9. The zero-order valence-corrected chi connectivity index (χ0v) is 8.07. The highest BCUT2D eigenvalue weighted by Crippen LogP contribution is 2.25. The summed E-state index contributed by atoms with van der Waals surface area (Å²) < 4.78 is 0. The molecule has 1 aliphatic heterocycles. The smallest absolute Gasteiger partial charge is 0.319 e. The van der Waals surface area contributed by atoms with E-state index in [9.17, 15) is 4.79 Å². The number of nitrogens with two attached hydrogens (primary N) is 1. The molecule has 1 aromatic rings. The molecule has 74 valence electrons. The third kappa shape index (κ3) is 1.58. The standard InChI is InChI=1S/C11H14N2O/c12-11(14)13-8-4-3-6-9-5-1-2-7-10(9)13/h1-2,5,7H,3-4,6,8H2,(H2,12,14). The van der Waals surface area contributed by atoms with Gasteiger partial charge in [0.1, 0.15) is 0 Å². The van der Waals surface area contributed by atoms with Crippen molar-refractivity contribution in [1.82, 2.24) is 0 Å². The Labute approximate surface area is 83.5 Å². The Hall–Kier alpha value is -1.51. The van der Waals surface area contributed by atoms with Crippen LogP contribution in [-0.4, -0.2) is 12.6 Å². The van der Waals surface area contributed by atoms with Crippen molar-refractivity contribution in [2.75, 3.05) is 11.4 Å². The highest BCUT2D eigenvalue weighted by molar-refractivity contribution is 5.91. The van der Waals surface area contributed by atoms with Gasteiger partial charge in [-0.1, -0.05) is 18.2 Å². The Kier molecular flexibility index (Phi) is 2.39. The summed E-state index contributed by atoms with van der Waals surface area (Å²) in [6.45, 7) is 0.742. The van der Waals surface area contributed by atoms with Crippen molar-refractivity contribution in [3.63, 3.8) is 0 Å². The number of para-hydroxylation sites is 1. The lowest BCUT2D eigenvalue weighted by Gasteiger charge is -2.20. The van der Waals surface area contributed by atoms with E-state index in [0.717, 1.165) is 31.5 Å². The van der Waals surface area contributed by atoms with Gasteiger partial charge in [0.05, 0.1) is 0 Å². The molecule has 2 amide bonds. The van der Waals surface area contributed by atoms with E-state index in [1.54, 1.807) is 4.90 Å². The van der Waals surface area contributed by atoms with E-state index < -0.39 is 0 Å². The van der Waals surface area contributed by atoms with Crippen molar-refractivity contribution >= 4 is 11.7 Å². The molecule has 0 aliphatic carbocycles. The molecule has 1 aromatic carbocycles. The maximum Gasteiger partial charge on any atom is 0.319 e. The number of nitrogens with zero attached hydrogens (tertiary/aromatic N) is 1. The number of hydrogen-bond donors (Lipinski definition) is 1. The number of carbonyl (C=O) groups excluding carboxylic acids is 1. The molecule has 0 unspecified atom stereocenters. The highest BCUT2D eigenvalue weighted by Gasteiger charge is 2.17. The molecular formula is C11H14N2O. The third-order valence-corrected chi connectivity index (χ3v) is 2.63. The number of anilines is 1. The first-order valence-electron chi connectivity index (χ1n) is 4.94. The van der Waals surface area contributed by atoms with E-state index in [1.807, 2.05) is 18.2 Å². The highest BCUT2D eigenvalue weighted by atomic mass is 16.2. The monoisotopic (exact) mass is 190 g/mol. The van der Waals surface area contributed by atoms with Crippen LogP contribution in [0, 0.1) is 0 Å².